The molecule has 0 saturated heterocycles. The normalized spacial score (nSPS) is 11.4. The maximum Gasteiger partial charge on any atom is 0.272 e. The van der Waals surface area contributed by atoms with Crippen LogP contribution in [0.25, 0.3) is 22.2 Å². The summed E-state index contributed by atoms with van der Waals surface area (Å²) in [5, 5.41) is 15.7. The molecule has 0 atom stereocenters. The van der Waals surface area contributed by atoms with E-state index >= 15 is 0 Å². The molecule has 3 aromatic carbocycles. The van der Waals surface area contributed by atoms with E-state index in [4.69, 9.17) is 4.98 Å². The molecule has 0 saturated carbocycles. The van der Waals surface area contributed by atoms with Crippen LogP contribution in [0.2, 0.25) is 0 Å². The van der Waals surface area contributed by atoms with Gasteiger partial charge in [0.05, 0.1) is 27.4 Å². The number of hydrogen-bond acceptors (Lipinski definition) is 5. The molecular formula is C25H20N4O3. The fourth-order valence-electron chi connectivity index (χ4n) is 3.32. The minimum absolute atomic E-state index is 0.00234. The fraction of sp³-hybridized carbons (Fsp3) is 0.0800. The summed E-state index contributed by atoms with van der Waals surface area (Å²) in [4.78, 5) is 28.1. The van der Waals surface area contributed by atoms with Crippen LogP contribution in [0.1, 0.15) is 28.4 Å². The highest BCUT2D eigenvalue weighted by Gasteiger charge is 2.14. The summed E-state index contributed by atoms with van der Waals surface area (Å²) in [6.07, 6.45) is 0. The first-order valence-corrected chi connectivity index (χ1v) is 9.98. The molecule has 0 bridgehead atoms. The maximum absolute atomic E-state index is 13.0. The van der Waals surface area contributed by atoms with E-state index in [-0.39, 0.29) is 11.6 Å². The van der Waals surface area contributed by atoms with Crippen molar-refractivity contribution in [2.75, 3.05) is 0 Å². The summed E-state index contributed by atoms with van der Waals surface area (Å²) < 4.78 is 0. The Morgan fingerprint density at radius 1 is 1.00 bits per heavy atom. The number of hydrogen-bond donors (Lipinski definition) is 1. The third kappa shape index (κ3) is 4.37. The van der Waals surface area contributed by atoms with Gasteiger partial charge in [-0.2, -0.15) is 5.10 Å². The lowest BCUT2D eigenvalue weighted by Crippen LogP contribution is -2.20. The number of fused-ring (bicyclic) bond motifs is 1. The Kier molecular flexibility index (Phi) is 5.72. The summed E-state index contributed by atoms with van der Waals surface area (Å²) in [6, 6.07) is 23.2. The van der Waals surface area contributed by atoms with Gasteiger partial charge in [0.2, 0.25) is 0 Å². The molecule has 7 nitrogen and oxygen atoms in total. The van der Waals surface area contributed by atoms with E-state index in [9.17, 15) is 14.9 Å². The van der Waals surface area contributed by atoms with E-state index in [0.29, 0.717) is 28.0 Å². The van der Waals surface area contributed by atoms with E-state index < -0.39 is 4.92 Å². The predicted octanol–water partition coefficient (Wildman–Crippen LogP) is 5.27. The zero-order valence-corrected chi connectivity index (χ0v) is 17.6. The Hall–Kier alpha value is -4.39. The lowest BCUT2D eigenvalue weighted by Gasteiger charge is -2.10. The number of aryl methyl sites for hydroxylation is 1. The van der Waals surface area contributed by atoms with E-state index in [1.807, 2.05) is 55.5 Å². The average Bonchev–Trinajstić information content (AvgIpc) is 2.82. The highest BCUT2D eigenvalue weighted by molar-refractivity contribution is 6.08. The first-order chi connectivity index (χ1) is 15.4. The highest BCUT2D eigenvalue weighted by atomic mass is 16.6. The molecule has 0 spiro atoms. The van der Waals surface area contributed by atoms with E-state index in [0.717, 1.165) is 16.5 Å². The van der Waals surface area contributed by atoms with E-state index in [2.05, 4.69) is 10.5 Å². The molecule has 7 heteroatoms. The van der Waals surface area contributed by atoms with Crippen molar-refractivity contribution in [3.8, 4) is 11.3 Å². The van der Waals surface area contributed by atoms with Crippen molar-refractivity contribution in [1.82, 2.24) is 10.4 Å². The zero-order chi connectivity index (χ0) is 22.7. The number of nitrogens with one attached hydrogen (secondary N) is 1. The second kappa shape index (κ2) is 8.77. The van der Waals surface area contributed by atoms with Gasteiger partial charge >= 0.3 is 0 Å². The second-order valence-electron chi connectivity index (χ2n) is 7.38. The van der Waals surface area contributed by atoms with Crippen LogP contribution in [0.4, 0.5) is 5.69 Å². The van der Waals surface area contributed by atoms with Crippen molar-refractivity contribution in [3.63, 3.8) is 0 Å². The van der Waals surface area contributed by atoms with E-state index in [1.54, 1.807) is 25.1 Å². The smallest absolute Gasteiger partial charge is 0.267 e. The number of nitro benzene ring substituents is 1. The van der Waals surface area contributed by atoms with Gasteiger partial charge in [-0.1, -0.05) is 48.0 Å². The molecule has 0 aliphatic rings. The summed E-state index contributed by atoms with van der Waals surface area (Å²) >= 11 is 0. The molecule has 4 aromatic rings. The Morgan fingerprint density at radius 2 is 1.69 bits per heavy atom. The van der Waals surface area contributed by atoms with Gasteiger partial charge in [-0.15, -0.1) is 0 Å². The summed E-state index contributed by atoms with van der Waals surface area (Å²) in [7, 11) is 0. The van der Waals surface area contributed by atoms with Crippen molar-refractivity contribution in [2.45, 2.75) is 13.8 Å². The van der Waals surface area contributed by atoms with Crippen LogP contribution in [-0.2, 0) is 0 Å². The third-order valence-electron chi connectivity index (χ3n) is 5.13. The number of carbonyl (C=O) groups is 1. The number of para-hydroxylation sites is 1. The Balaban J connectivity index is 1.66. The molecule has 0 radical (unpaired) electrons. The molecule has 0 fully saturated rings. The number of nitro groups is 1. The van der Waals surface area contributed by atoms with Crippen LogP contribution >= 0.6 is 0 Å². The highest BCUT2D eigenvalue weighted by Crippen LogP contribution is 2.25. The molecule has 1 N–H and O–H groups in total. The Bertz CT molecular complexity index is 1340. The number of pyridine rings is 1. The molecule has 4 rings (SSSR count). The number of hydrazone groups is 1. The van der Waals surface area contributed by atoms with Gasteiger partial charge in [0.1, 0.15) is 0 Å². The number of carbonyl (C=O) groups excluding carboxylic acids is 1. The fourth-order valence-corrected chi connectivity index (χ4v) is 3.32. The van der Waals surface area contributed by atoms with Crippen LogP contribution in [0.3, 0.4) is 0 Å². The van der Waals surface area contributed by atoms with Gasteiger partial charge in [0.25, 0.3) is 11.6 Å². The van der Waals surface area contributed by atoms with Crippen LogP contribution in [-0.4, -0.2) is 21.5 Å². The van der Waals surface area contributed by atoms with Crippen LogP contribution in [0, 0.1) is 17.0 Å². The quantitative estimate of drug-likeness (QED) is 0.268. The second-order valence-corrected chi connectivity index (χ2v) is 7.38. The van der Waals surface area contributed by atoms with Crippen molar-refractivity contribution in [3.05, 3.63) is 106 Å². The van der Waals surface area contributed by atoms with Gasteiger partial charge in [-0.05, 0) is 43.7 Å². The lowest BCUT2D eigenvalue weighted by molar-refractivity contribution is -0.384. The monoisotopic (exact) mass is 424 g/mol. The van der Waals surface area contributed by atoms with Crippen molar-refractivity contribution in [1.29, 1.82) is 0 Å². The Labute approximate surface area is 184 Å². The summed E-state index contributed by atoms with van der Waals surface area (Å²) in [6.45, 7) is 3.74. The first kappa shape index (κ1) is 20.9. The van der Waals surface area contributed by atoms with Crippen LogP contribution in [0.15, 0.2) is 84.0 Å². The van der Waals surface area contributed by atoms with Crippen molar-refractivity contribution < 1.29 is 9.72 Å². The minimum Gasteiger partial charge on any atom is -0.267 e. The van der Waals surface area contributed by atoms with Gasteiger partial charge < -0.3 is 0 Å². The average molecular weight is 424 g/mol. The van der Waals surface area contributed by atoms with Crippen molar-refractivity contribution >= 4 is 28.2 Å². The number of aromatic nitrogens is 1. The molecule has 1 amide bonds. The maximum atomic E-state index is 13.0. The molecule has 0 aliphatic heterocycles. The molecule has 158 valence electrons. The number of benzene rings is 3. The number of rotatable bonds is 5. The van der Waals surface area contributed by atoms with Gasteiger partial charge in [0.15, 0.2) is 0 Å². The van der Waals surface area contributed by atoms with Crippen LogP contribution < -0.4 is 5.43 Å². The number of non-ortho nitro benzene ring substituents is 1. The SMILES string of the molecule is C/C(=N/NC(=O)c1cc(-c2ccc(C)cc2)nc2ccccc12)c1ccc([N+](=O)[O-])cc1. The van der Waals surface area contributed by atoms with Gasteiger partial charge in [0, 0.05) is 23.1 Å². The van der Waals surface area contributed by atoms with E-state index in [1.165, 1.54) is 12.1 Å². The molecular weight excluding hydrogens is 404 g/mol. The summed E-state index contributed by atoms with van der Waals surface area (Å²) in [5.41, 5.74) is 7.75. The molecule has 32 heavy (non-hydrogen) atoms. The predicted molar refractivity (Wildman–Crippen MR) is 125 cm³/mol. The molecule has 0 aliphatic carbocycles. The zero-order valence-electron chi connectivity index (χ0n) is 17.6. The largest absolute Gasteiger partial charge is 0.272 e. The van der Waals surface area contributed by atoms with Gasteiger partial charge in [-0.25, -0.2) is 10.4 Å². The summed E-state index contributed by atoms with van der Waals surface area (Å²) in [5.74, 6) is -0.363. The number of nitrogens with zero attached hydrogens (tertiary/aromatic N) is 3. The molecule has 1 aromatic heterocycles. The molecule has 1 heterocycles. The minimum atomic E-state index is -0.460. The third-order valence-corrected chi connectivity index (χ3v) is 5.13. The lowest BCUT2D eigenvalue weighted by atomic mass is 10.0. The molecule has 0 unspecified atom stereocenters. The topological polar surface area (TPSA) is 97.5 Å². The number of amides is 1. The van der Waals surface area contributed by atoms with Crippen molar-refractivity contribution in [2.24, 2.45) is 5.10 Å². The Morgan fingerprint density at radius 3 is 2.38 bits per heavy atom. The van der Waals surface area contributed by atoms with Gasteiger partial charge in [-0.3, -0.25) is 14.9 Å². The first-order valence-electron chi connectivity index (χ1n) is 9.98. The standard InChI is InChI=1S/C25H20N4O3/c1-16-7-9-19(10-8-16)24-15-22(21-5-3-4-6-23(21)26-24)25(30)28-27-17(2)18-11-13-20(14-12-18)29(31)32/h3-15H,1-2H3,(H,28,30)/b27-17-. The van der Waals surface area contributed by atoms with Crippen LogP contribution in [0.5, 0.6) is 0 Å².